The molecule has 1 N–H and O–H groups in total. The minimum Gasteiger partial charge on any atom is -0.494 e. The van der Waals surface area contributed by atoms with Crippen molar-refractivity contribution in [3.63, 3.8) is 0 Å². The number of carbonyl (C=O) groups excluding carboxylic acids is 2. The van der Waals surface area contributed by atoms with Crippen molar-refractivity contribution < 1.29 is 22.7 Å². The van der Waals surface area contributed by atoms with Gasteiger partial charge in [-0.25, -0.2) is 8.42 Å². The molecule has 3 aromatic carbocycles. The van der Waals surface area contributed by atoms with Crippen molar-refractivity contribution in [2.45, 2.75) is 62.5 Å². The van der Waals surface area contributed by atoms with E-state index in [9.17, 15) is 18.0 Å². The Morgan fingerprint density at radius 1 is 0.976 bits per heavy atom. The van der Waals surface area contributed by atoms with E-state index in [1.807, 2.05) is 58.2 Å². The predicted molar refractivity (Wildman–Crippen MR) is 172 cm³/mol. The Morgan fingerprint density at radius 3 is 2.10 bits per heavy atom. The maximum Gasteiger partial charge on any atom is 0.264 e. The van der Waals surface area contributed by atoms with Gasteiger partial charge in [0.15, 0.2) is 0 Å². The number of hydrogen-bond donors (Lipinski definition) is 1. The van der Waals surface area contributed by atoms with Crippen LogP contribution in [0, 0.1) is 0 Å². The number of anilines is 1. The van der Waals surface area contributed by atoms with Crippen LogP contribution in [0.25, 0.3) is 0 Å². The van der Waals surface area contributed by atoms with Gasteiger partial charge >= 0.3 is 0 Å². The zero-order valence-corrected chi connectivity index (χ0v) is 28.0. The molecule has 0 saturated carbocycles. The summed E-state index contributed by atoms with van der Waals surface area (Å²) >= 11 is 4.92. The molecule has 0 bridgehead atoms. The average Bonchev–Trinajstić information content (AvgIpc) is 2.95. The molecule has 0 unspecified atom stereocenters. The Bertz CT molecular complexity index is 1460. The average molecular weight is 677 g/mol. The highest BCUT2D eigenvalue weighted by Gasteiger charge is 2.33. The number of rotatable bonds is 12. The van der Waals surface area contributed by atoms with Crippen molar-refractivity contribution in [2.24, 2.45) is 0 Å². The van der Waals surface area contributed by atoms with E-state index in [0.717, 1.165) is 19.2 Å². The zero-order valence-electron chi connectivity index (χ0n) is 24.8. The van der Waals surface area contributed by atoms with Gasteiger partial charge in [0.25, 0.3) is 10.0 Å². The van der Waals surface area contributed by atoms with Gasteiger partial charge in [-0.2, -0.15) is 0 Å². The molecule has 3 rings (SSSR count). The zero-order chi connectivity index (χ0) is 31.1. The van der Waals surface area contributed by atoms with Crippen LogP contribution in [0.1, 0.15) is 40.2 Å². The van der Waals surface area contributed by atoms with E-state index in [1.54, 1.807) is 43.3 Å². The highest BCUT2D eigenvalue weighted by Crippen LogP contribution is 2.28. The molecule has 226 valence electrons. The molecule has 2 amide bonds. The Labute approximate surface area is 262 Å². The normalized spacial score (nSPS) is 12.4. The number of amides is 2. The van der Waals surface area contributed by atoms with Crippen molar-refractivity contribution in [1.29, 1.82) is 0 Å². The summed E-state index contributed by atoms with van der Waals surface area (Å²) in [4.78, 5) is 29.7. The van der Waals surface area contributed by atoms with Gasteiger partial charge in [-0.1, -0.05) is 28.1 Å². The fourth-order valence-electron chi connectivity index (χ4n) is 4.12. The molecular weight excluding hydrogens is 638 g/mol. The summed E-state index contributed by atoms with van der Waals surface area (Å²) in [5.41, 5.74) is 0.583. The van der Waals surface area contributed by atoms with Crippen LogP contribution in [0.3, 0.4) is 0 Å². The number of nitrogens with one attached hydrogen (secondary N) is 1. The van der Waals surface area contributed by atoms with E-state index < -0.39 is 34.1 Å². The molecule has 0 saturated heterocycles. The molecule has 42 heavy (non-hydrogen) atoms. The molecule has 3 aromatic rings. The van der Waals surface area contributed by atoms with Crippen LogP contribution in [0.4, 0.5) is 5.69 Å². The first-order valence-corrected chi connectivity index (χ1v) is 17.0. The van der Waals surface area contributed by atoms with Gasteiger partial charge in [0.2, 0.25) is 11.8 Å². The van der Waals surface area contributed by atoms with Crippen molar-refractivity contribution in [3.8, 4) is 5.75 Å². The van der Waals surface area contributed by atoms with Crippen LogP contribution in [0.15, 0.2) is 87.1 Å². The van der Waals surface area contributed by atoms with Crippen LogP contribution in [0.5, 0.6) is 5.75 Å². The molecule has 0 aliphatic rings. The first kappa shape index (κ1) is 33.5. The highest BCUT2D eigenvalue weighted by molar-refractivity contribution is 9.10. The lowest BCUT2D eigenvalue weighted by molar-refractivity contribution is -0.140. The first-order chi connectivity index (χ1) is 19.7. The number of ether oxygens (including phenoxy) is 1. The lowest BCUT2D eigenvalue weighted by Crippen LogP contribution is -2.54. The Kier molecular flexibility index (Phi) is 11.5. The molecule has 0 aromatic heterocycles. The second-order valence-electron chi connectivity index (χ2n) is 10.7. The van der Waals surface area contributed by atoms with Crippen molar-refractivity contribution in [1.82, 2.24) is 10.2 Å². The molecule has 0 heterocycles. The summed E-state index contributed by atoms with van der Waals surface area (Å²) in [5, 5.41) is 2.93. The topological polar surface area (TPSA) is 96.0 Å². The number of halogens is 1. The molecule has 0 aliphatic heterocycles. The maximum atomic E-state index is 14.1. The smallest absolute Gasteiger partial charge is 0.264 e. The molecule has 0 spiro atoms. The van der Waals surface area contributed by atoms with Crippen molar-refractivity contribution >= 4 is 55.2 Å². The molecule has 8 nitrogen and oxygen atoms in total. The number of benzene rings is 3. The van der Waals surface area contributed by atoms with E-state index in [-0.39, 0.29) is 17.3 Å². The molecule has 11 heteroatoms. The number of nitrogens with zero attached hydrogens (tertiary/aromatic N) is 2. The number of sulfonamides is 1. The van der Waals surface area contributed by atoms with Crippen LogP contribution >= 0.6 is 27.7 Å². The van der Waals surface area contributed by atoms with Crippen molar-refractivity contribution in [3.05, 3.63) is 82.8 Å². The third kappa shape index (κ3) is 8.99. The largest absolute Gasteiger partial charge is 0.494 e. The van der Waals surface area contributed by atoms with E-state index in [4.69, 9.17) is 4.74 Å². The van der Waals surface area contributed by atoms with Gasteiger partial charge < -0.3 is 15.0 Å². The fraction of sp³-hybridized carbons (Fsp3) is 0.355. The van der Waals surface area contributed by atoms with E-state index >= 15 is 0 Å². The first-order valence-electron chi connectivity index (χ1n) is 13.5. The highest BCUT2D eigenvalue weighted by atomic mass is 79.9. The third-order valence-electron chi connectivity index (χ3n) is 6.29. The molecular formula is C31H38BrN3O5S2. The summed E-state index contributed by atoms with van der Waals surface area (Å²) < 4.78 is 35.5. The molecule has 0 aliphatic carbocycles. The van der Waals surface area contributed by atoms with Gasteiger partial charge in [-0.15, -0.1) is 11.8 Å². The molecule has 0 fully saturated rings. The monoisotopic (exact) mass is 675 g/mol. The maximum absolute atomic E-state index is 14.1. The predicted octanol–water partition coefficient (Wildman–Crippen LogP) is 6.10. The van der Waals surface area contributed by atoms with E-state index in [2.05, 4.69) is 21.2 Å². The van der Waals surface area contributed by atoms with Gasteiger partial charge in [-0.05, 0) is 107 Å². The summed E-state index contributed by atoms with van der Waals surface area (Å²) in [6, 6.07) is 19.6. The lowest BCUT2D eigenvalue weighted by Gasteiger charge is -2.33. The SMILES string of the molecule is CCOc1ccc(N(CC(=O)N(Cc2ccc(Br)cc2)[C@@H](C)C(=O)NC(C)(C)C)S(=O)(=O)c2ccc(SC)cc2)cc1. The van der Waals surface area contributed by atoms with Crippen molar-refractivity contribution in [2.75, 3.05) is 23.7 Å². The summed E-state index contributed by atoms with van der Waals surface area (Å²) in [5.74, 6) is -0.276. The van der Waals surface area contributed by atoms with Crippen LogP contribution in [0.2, 0.25) is 0 Å². The minimum atomic E-state index is -4.16. The van der Waals surface area contributed by atoms with E-state index in [0.29, 0.717) is 18.0 Å². The van der Waals surface area contributed by atoms with Gasteiger partial charge in [0.1, 0.15) is 18.3 Å². The Balaban J connectivity index is 2.04. The Morgan fingerprint density at radius 2 is 1.57 bits per heavy atom. The summed E-state index contributed by atoms with van der Waals surface area (Å²) in [6.45, 7) is 9.16. The Hall–Kier alpha value is -3.02. The molecule has 1 atom stereocenters. The number of thioether (sulfide) groups is 1. The lowest BCUT2D eigenvalue weighted by atomic mass is 10.1. The third-order valence-corrected chi connectivity index (χ3v) is 9.35. The standard InChI is InChI=1S/C31H38BrN3O5S2/c1-7-40-26-14-12-25(13-15-26)35(42(38,39)28-18-16-27(41-6)17-19-28)21-29(36)34(20-23-8-10-24(32)11-9-23)22(2)30(37)33-31(3,4)5/h8-19,22H,7,20-21H2,1-6H3,(H,33,37)/t22-/m0/s1. The number of carbonyl (C=O) groups is 2. The molecule has 0 radical (unpaired) electrons. The fourth-order valence-corrected chi connectivity index (χ4v) is 6.21. The van der Waals surface area contributed by atoms with Gasteiger partial charge in [0.05, 0.1) is 17.2 Å². The second-order valence-corrected chi connectivity index (χ2v) is 14.3. The quantitative estimate of drug-likeness (QED) is 0.233. The second kappa shape index (κ2) is 14.4. The number of hydrogen-bond acceptors (Lipinski definition) is 6. The summed E-state index contributed by atoms with van der Waals surface area (Å²) in [7, 11) is -4.16. The van der Waals surface area contributed by atoms with Gasteiger partial charge in [-0.3, -0.25) is 13.9 Å². The van der Waals surface area contributed by atoms with Crippen LogP contribution < -0.4 is 14.4 Å². The summed E-state index contributed by atoms with van der Waals surface area (Å²) in [6.07, 6.45) is 1.91. The van der Waals surface area contributed by atoms with E-state index in [1.165, 1.54) is 28.8 Å². The van der Waals surface area contributed by atoms with Crippen LogP contribution in [-0.4, -0.2) is 56.1 Å². The minimum absolute atomic E-state index is 0.0555. The van der Waals surface area contributed by atoms with Gasteiger partial charge in [0, 0.05) is 21.5 Å². The van der Waals surface area contributed by atoms with Crippen LogP contribution in [-0.2, 0) is 26.2 Å².